The summed E-state index contributed by atoms with van der Waals surface area (Å²) in [7, 11) is -0.974. The molecule has 7 heteroatoms. The van der Waals surface area contributed by atoms with Crippen LogP contribution in [0.1, 0.15) is 27.2 Å². The van der Waals surface area contributed by atoms with E-state index in [2.05, 4.69) is 10.4 Å². The Kier molecular flexibility index (Phi) is 4.38. The minimum atomic E-state index is -0.974. The van der Waals surface area contributed by atoms with Gasteiger partial charge in [-0.2, -0.15) is 5.10 Å². The van der Waals surface area contributed by atoms with Gasteiger partial charge in [-0.3, -0.25) is 9.00 Å². The lowest BCUT2D eigenvalue weighted by Crippen LogP contribution is -2.16. The van der Waals surface area contributed by atoms with Gasteiger partial charge in [-0.15, -0.1) is 0 Å². The molecule has 1 aliphatic rings. The molecule has 1 N–H and O–H groups in total. The van der Waals surface area contributed by atoms with Crippen LogP contribution in [0, 0.1) is 6.92 Å². The second kappa shape index (κ2) is 6.70. The predicted octanol–water partition coefficient (Wildman–Crippen LogP) is 3.85. The molecule has 0 radical (unpaired) electrons. The van der Waals surface area contributed by atoms with Crippen molar-refractivity contribution in [3.8, 4) is 5.69 Å². The predicted molar refractivity (Wildman–Crippen MR) is 103 cm³/mol. The van der Waals surface area contributed by atoms with Crippen molar-refractivity contribution in [2.75, 3.05) is 5.32 Å². The lowest BCUT2D eigenvalue weighted by molar-refractivity contribution is 0.102. The number of carbonyl (C=O) groups is 1. The van der Waals surface area contributed by atoms with Gasteiger partial charge >= 0.3 is 0 Å². The maximum atomic E-state index is 12.7. The standard InChI is InChI=1S/C19H16ClN3O2S/c1-12-2-8-15(9-3-12)23-18(16-10-26(25)11-17(16)22-23)21-19(24)13-4-6-14(20)7-5-13/h2-9H,10-11H2,1H3,(H,21,24). The minimum Gasteiger partial charge on any atom is -0.306 e. The number of carbonyl (C=O) groups excluding carboxylic acids is 1. The van der Waals surface area contributed by atoms with Crippen LogP contribution < -0.4 is 5.32 Å². The number of hydrogen-bond acceptors (Lipinski definition) is 3. The monoisotopic (exact) mass is 385 g/mol. The Hall–Kier alpha value is -2.44. The number of nitrogens with one attached hydrogen (secondary N) is 1. The smallest absolute Gasteiger partial charge is 0.256 e. The molecule has 2 aromatic carbocycles. The third-order valence-corrected chi connectivity index (χ3v) is 5.74. The zero-order valence-electron chi connectivity index (χ0n) is 14.0. The van der Waals surface area contributed by atoms with Crippen molar-refractivity contribution >= 4 is 34.1 Å². The summed E-state index contributed by atoms with van der Waals surface area (Å²) in [6.07, 6.45) is 0. The van der Waals surface area contributed by atoms with Crippen LogP contribution >= 0.6 is 11.6 Å². The molecule has 1 atom stereocenters. The number of aromatic nitrogens is 2. The molecule has 0 fully saturated rings. The number of fused-ring (bicyclic) bond motifs is 1. The largest absolute Gasteiger partial charge is 0.306 e. The van der Waals surface area contributed by atoms with Crippen molar-refractivity contribution in [1.82, 2.24) is 9.78 Å². The van der Waals surface area contributed by atoms with Crippen molar-refractivity contribution in [1.29, 1.82) is 0 Å². The summed E-state index contributed by atoms with van der Waals surface area (Å²) < 4.78 is 13.7. The average molecular weight is 386 g/mol. The zero-order valence-corrected chi connectivity index (χ0v) is 15.6. The SMILES string of the molecule is Cc1ccc(-n2nc3c(c2NC(=O)c2ccc(Cl)cc2)CS(=O)C3)cc1. The highest BCUT2D eigenvalue weighted by Crippen LogP contribution is 2.31. The van der Waals surface area contributed by atoms with Crippen molar-refractivity contribution < 1.29 is 9.00 Å². The molecule has 2 heterocycles. The molecule has 0 saturated heterocycles. The van der Waals surface area contributed by atoms with Crippen LogP contribution in [0.4, 0.5) is 5.82 Å². The molecule has 1 aliphatic heterocycles. The van der Waals surface area contributed by atoms with E-state index < -0.39 is 10.8 Å². The second-order valence-corrected chi connectivity index (χ2v) is 8.10. The van der Waals surface area contributed by atoms with Gasteiger partial charge in [0.05, 0.1) is 22.9 Å². The van der Waals surface area contributed by atoms with Crippen molar-refractivity contribution in [3.63, 3.8) is 0 Å². The summed E-state index contributed by atoms with van der Waals surface area (Å²) in [5, 5.41) is 8.11. The van der Waals surface area contributed by atoms with E-state index in [1.54, 1.807) is 28.9 Å². The highest BCUT2D eigenvalue weighted by atomic mass is 35.5. The van der Waals surface area contributed by atoms with Gasteiger partial charge in [-0.05, 0) is 43.3 Å². The highest BCUT2D eigenvalue weighted by Gasteiger charge is 2.28. The molecule has 132 valence electrons. The van der Waals surface area contributed by atoms with Crippen molar-refractivity contribution in [2.24, 2.45) is 0 Å². The van der Waals surface area contributed by atoms with Gasteiger partial charge in [0, 0.05) is 26.9 Å². The molecule has 0 aliphatic carbocycles. The second-order valence-electron chi connectivity index (χ2n) is 6.21. The molecule has 26 heavy (non-hydrogen) atoms. The van der Waals surface area contributed by atoms with E-state index in [0.29, 0.717) is 27.9 Å². The lowest BCUT2D eigenvalue weighted by Gasteiger charge is -2.11. The van der Waals surface area contributed by atoms with Gasteiger partial charge in [0.15, 0.2) is 0 Å². The molecular weight excluding hydrogens is 370 g/mol. The summed E-state index contributed by atoms with van der Waals surface area (Å²) in [6.45, 7) is 2.01. The van der Waals surface area contributed by atoms with Crippen LogP contribution in [-0.2, 0) is 22.3 Å². The van der Waals surface area contributed by atoms with E-state index in [-0.39, 0.29) is 5.91 Å². The number of rotatable bonds is 3. The highest BCUT2D eigenvalue weighted by molar-refractivity contribution is 7.83. The number of anilines is 1. The molecule has 5 nitrogen and oxygen atoms in total. The summed E-state index contributed by atoms with van der Waals surface area (Å²) >= 11 is 5.89. The molecule has 1 aromatic heterocycles. The normalized spacial score (nSPS) is 15.7. The molecule has 0 saturated carbocycles. The first-order valence-electron chi connectivity index (χ1n) is 8.11. The maximum absolute atomic E-state index is 12.7. The quantitative estimate of drug-likeness (QED) is 0.744. The number of halogens is 1. The fraction of sp³-hybridized carbons (Fsp3) is 0.158. The van der Waals surface area contributed by atoms with Gasteiger partial charge in [-0.1, -0.05) is 29.3 Å². The molecule has 1 unspecified atom stereocenters. The Morgan fingerprint density at radius 1 is 1.12 bits per heavy atom. The first-order chi connectivity index (χ1) is 12.5. The topological polar surface area (TPSA) is 64.0 Å². The Morgan fingerprint density at radius 2 is 1.81 bits per heavy atom. The number of nitrogens with zero attached hydrogens (tertiary/aromatic N) is 2. The molecular formula is C19H16ClN3O2S. The molecule has 3 aromatic rings. The first kappa shape index (κ1) is 17.0. The third-order valence-electron chi connectivity index (χ3n) is 4.29. The van der Waals surface area contributed by atoms with Gasteiger partial charge in [0.2, 0.25) is 0 Å². The number of hydrogen-bond donors (Lipinski definition) is 1. The molecule has 4 rings (SSSR count). The summed E-state index contributed by atoms with van der Waals surface area (Å²) in [4.78, 5) is 12.7. The maximum Gasteiger partial charge on any atom is 0.256 e. The van der Waals surface area contributed by atoms with E-state index in [4.69, 9.17) is 11.6 Å². The fourth-order valence-electron chi connectivity index (χ4n) is 2.91. The van der Waals surface area contributed by atoms with Gasteiger partial charge in [-0.25, -0.2) is 4.68 Å². The van der Waals surface area contributed by atoms with Crippen LogP contribution in [0.25, 0.3) is 5.69 Å². The minimum absolute atomic E-state index is 0.254. The Balaban J connectivity index is 1.74. The van der Waals surface area contributed by atoms with Crippen LogP contribution in [-0.4, -0.2) is 19.9 Å². The Bertz CT molecular complexity index is 1010. The molecule has 1 amide bonds. The van der Waals surface area contributed by atoms with Gasteiger partial charge in [0.25, 0.3) is 5.91 Å². The molecule has 0 spiro atoms. The summed E-state index contributed by atoms with van der Waals surface area (Å²) in [6, 6.07) is 14.6. The lowest BCUT2D eigenvalue weighted by atomic mass is 10.2. The van der Waals surface area contributed by atoms with Crippen molar-refractivity contribution in [2.45, 2.75) is 18.4 Å². The Morgan fingerprint density at radius 3 is 2.50 bits per heavy atom. The number of aryl methyl sites for hydroxylation is 1. The van der Waals surface area contributed by atoms with Crippen LogP contribution in [0.5, 0.6) is 0 Å². The molecule has 0 bridgehead atoms. The van der Waals surface area contributed by atoms with E-state index in [1.807, 2.05) is 31.2 Å². The van der Waals surface area contributed by atoms with Crippen molar-refractivity contribution in [3.05, 3.63) is 75.9 Å². The summed E-state index contributed by atoms with van der Waals surface area (Å²) in [5.74, 6) is 1.14. The van der Waals surface area contributed by atoms with E-state index >= 15 is 0 Å². The van der Waals surface area contributed by atoms with Gasteiger partial charge < -0.3 is 5.32 Å². The first-order valence-corrected chi connectivity index (χ1v) is 9.97. The number of benzene rings is 2. The Labute approximate surface area is 158 Å². The zero-order chi connectivity index (χ0) is 18.3. The average Bonchev–Trinajstić information content (AvgIpc) is 3.13. The van der Waals surface area contributed by atoms with Crippen LogP contribution in [0.15, 0.2) is 48.5 Å². The third kappa shape index (κ3) is 3.18. The van der Waals surface area contributed by atoms with Crippen LogP contribution in [0.2, 0.25) is 5.02 Å². The summed E-state index contributed by atoms with van der Waals surface area (Å²) in [5.41, 5.74) is 4.10. The number of amides is 1. The van der Waals surface area contributed by atoms with Crippen LogP contribution in [0.3, 0.4) is 0 Å². The van der Waals surface area contributed by atoms with E-state index in [1.165, 1.54) is 0 Å². The van der Waals surface area contributed by atoms with E-state index in [0.717, 1.165) is 22.5 Å². The van der Waals surface area contributed by atoms with E-state index in [9.17, 15) is 9.00 Å². The van der Waals surface area contributed by atoms with Gasteiger partial charge in [0.1, 0.15) is 5.82 Å². The fourth-order valence-corrected chi connectivity index (χ4v) is 4.30.